The van der Waals surface area contributed by atoms with Crippen LogP contribution in [0.2, 0.25) is 0 Å². The van der Waals surface area contributed by atoms with Gasteiger partial charge in [-0.05, 0) is 38.5 Å². The van der Waals surface area contributed by atoms with Gasteiger partial charge in [0.15, 0.2) is 6.61 Å². The van der Waals surface area contributed by atoms with E-state index in [1.807, 2.05) is 6.07 Å². The van der Waals surface area contributed by atoms with Crippen LogP contribution in [0.3, 0.4) is 0 Å². The number of nitrogens with one attached hydrogen (secondary N) is 1. The Hall–Kier alpha value is -3.05. The summed E-state index contributed by atoms with van der Waals surface area (Å²) in [5, 5.41) is 2.19. The first-order chi connectivity index (χ1) is 16.5. The topological polar surface area (TPSA) is 120 Å². The molecule has 0 bridgehead atoms. The molecule has 0 aliphatic carbocycles. The van der Waals surface area contributed by atoms with Crippen molar-refractivity contribution in [2.75, 3.05) is 26.1 Å². The van der Waals surface area contributed by atoms with Gasteiger partial charge in [-0.3, -0.25) is 19.3 Å². The predicted octanol–water partition coefficient (Wildman–Crippen LogP) is 1.84. The van der Waals surface area contributed by atoms with Crippen LogP contribution in [0, 0.1) is 5.41 Å². The van der Waals surface area contributed by atoms with Crippen LogP contribution in [-0.4, -0.2) is 72.4 Å². The molecule has 3 rings (SSSR count). The fourth-order valence-electron chi connectivity index (χ4n) is 3.40. The van der Waals surface area contributed by atoms with E-state index in [1.54, 1.807) is 45.0 Å². The lowest BCUT2D eigenvalue weighted by Gasteiger charge is -2.49. The Balaban J connectivity index is 1.65. The second-order valence-corrected chi connectivity index (χ2v) is 10.2. The van der Waals surface area contributed by atoms with Gasteiger partial charge in [0.1, 0.15) is 22.9 Å². The number of thioether (sulfide) groups is 1. The molecule has 2 unspecified atom stereocenters. The molecule has 1 aromatic carbocycles. The van der Waals surface area contributed by atoms with Crippen molar-refractivity contribution in [3.63, 3.8) is 0 Å². The van der Waals surface area contributed by atoms with Crippen molar-refractivity contribution in [3.05, 3.63) is 41.6 Å². The zero-order valence-corrected chi connectivity index (χ0v) is 21.2. The van der Waals surface area contributed by atoms with Crippen molar-refractivity contribution >= 4 is 35.5 Å². The summed E-state index contributed by atoms with van der Waals surface area (Å²) in [6.45, 7) is 6.35. The normalized spacial score (nSPS) is 20.4. The van der Waals surface area contributed by atoms with E-state index in [4.69, 9.17) is 18.9 Å². The predicted molar refractivity (Wildman–Crippen MR) is 127 cm³/mol. The summed E-state index contributed by atoms with van der Waals surface area (Å²) in [7, 11) is 1.48. The Kier molecular flexibility index (Phi) is 8.44. The average molecular weight is 507 g/mol. The first kappa shape index (κ1) is 26.6. The number of benzene rings is 1. The third-order valence-corrected chi connectivity index (χ3v) is 6.49. The summed E-state index contributed by atoms with van der Waals surface area (Å²) in [5.74, 6) is -1.30. The summed E-state index contributed by atoms with van der Waals surface area (Å²) in [6.07, 6.45) is -1.15. The summed E-state index contributed by atoms with van der Waals surface area (Å²) in [5.41, 5.74) is -0.152. The highest BCUT2D eigenvalue weighted by Crippen LogP contribution is 2.40. The standard InChI is InChI=1S/C24H30N2O8S/c1-14(34-23(30)24(2,3)4)33-22(29)19-15(11-31-5)13-35-21-18(20(28)26(19)21)25-17(27)12-32-16-9-7-6-8-10-16/h6-10,14,18,21H,11-13H2,1-5H3,(H,25,27)/t14?,18?,21-/m0/s1. The van der Waals surface area contributed by atoms with Crippen LogP contribution >= 0.6 is 11.8 Å². The zero-order chi connectivity index (χ0) is 25.8. The van der Waals surface area contributed by atoms with Crippen LogP contribution in [0.4, 0.5) is 0 Å². The molecular weight excluding hydrogens is 476 g/mol. The Morgan fingerprint density at radius 2 is 1.86 bits per heavy atom. The highest BCUT2D eigenvalue weighted by Gasteiger charge is 2.54. The lowest BCUT2D eigenvalue weighted by molar-refractivity contribution is -0.190. The van der Waals surface area contributed by atoms with Crippen LogP contribution in [0.25, 0.3) is 0 Å². The summed E-state index contributed by atoms with van der Waals surface area (Å²) in [6, 6.07) is 8.04. The maximum atomic E-state index is 13.0. The fraction of sp³-hybridized carbons (Fsp3) is 0.500. The van der Waals surface area contributed by atoms with Crippen molar-refractivity contribution in [2.45, 2.75) is 45.4 Å². The molecule has 11 heteroatoms. The Bertz CT molecular complexity index is 1000. The summed E-state index contributed by atoms with van der Waals surface area (Å²) >= 11 is 1.40. The van der Waals surface area contributed by atoms with E-state index < -0.39 is 46.9 Å². The van der Waals surface area contributed by atoms with Crippen molar-refractivity contribution < 1.29 is 38.1 Å². The van der Waals surface area contributed by atoms with Gasteiger partial charge in [0.05, 0.1) is 12.0 Å². The Morgan fingerprint density at radius 1 is 1.17 bits per heavy atom. The molecule has 2 aliphatic rings. The Labute approximate surface area is 208 Å². The highest BCUT2D eigenvalue weighted by atomic mass is 32.2. The molecule has 10 nitrogen and oxygen atoms in total. The van der Waals surface area contributed by atoms with Crippen LogP contribution in [-0.2, 0) is 33.4 Å². The van der Waals surface area contributed by atoms with Crippen LogP contribution in [0.5, 0.6) is 5.75 Å². The minimum Gasteiger partial charge on any atom is -0.484 e. The van der Waals surface area contributed by atoms with Gasteiger partial charge in [-0.25, -0.2) is 4.79 Å². The quantitative estimate of drug-likeness (QED) is 0.304. The fourth-order valence-corrected chi connectivity index (χ4v) is 4.72. The number of para-hydroxylation sites is 1. The van der Waals surface area contributed by atoms with Crippen molar-refractivity contribution in [1.82, 2.24) is 10.2 Å². The number of rotatable bonds is 9. The molecule has 190 valence electrons. The van der Waals surface area contributed by atoms with Crippen molar-refractivity contribution in [2.24, 2.45) is 5.41 Å². The molecule has 35 heavy (non-hydrogen) atoms. The number of hydrogen-bond donors (Lipinski definition) is 1. The van der Waals surface area contributed by atoms with E-state index in [0.717, 1.165) is 0 Å². The molecule has 1 saturated heterocycles. The van der Waals surface area contributed by atoms with E-state index in [9.17, 15) is 19.2 Å². The van der Waals surface area contributed by atoms with Gasteiger partial charge in [0.2, 0.25) is 6.29 Å². The molecule has 0 radical (unpaired) electrons. The lowest BCUT2D eigenvalue weighted by atomic mass is 9.97. The number of fused-ring (bicyclic) bond motifs is 1. The largest absolute Gasteiger partial charge is 0.484 e. The second kappa shape index (κ2) is 11.1. The maximum absolute atomic E-state index is 13.0. The van der Waals surface area contributed by atoms with Gasteiger partial charge in [-0.2, -0.15) is 0 Å². The van der Waals surface area contributed by atoms with E-state index >= 15 is 0 Å². The van der Waals surface area contributed by atoms with E-state index in [1.165, 1.54) is 30.7 Å². The number of carbonyl (C=O) groups is 4. The molecule has 2 aliphatic heterocycles. The SMILES string of the molecule is COCC1=C(C(=O)OC(C)OC(=O)C(C)(C)C)N2C(=O)C(NC(=O)COc3ccccc3)[C@@H]2SC1. The smallest absolute Gasteiger partial charge is 0.358 e. The van der Waals surface area contributed by atoms with Crippen LogP contribution in [0.1, 0.15) is 27.7 Å². The van der Waals surface area contributed by atoms with Gasteiger partial charge >= 0.3 is 11.9 Å². The third kappa shape index (κ3) is 6.34. The number of hydrogen-bond acceptors (Lipinski definition) is 9. The number of esters is 2. The van der Waals surface area contributed by atoms with Crippen molar-refractivity contribution in [1.29, 1.82) is 0 Å². The first-order valence-electron chi connectivity index (χ1n) is 11.1. The van der Waals surface area contributed by atoms with Crippen LogP contribution in [0.15, 0.2) is 41.6 Å². The number of methoxy groups -OCH3 is 1. The van der Waals surface area contributed by atoms with Gasteiger partial charge < -0.3 is 24.3 Å². The van der Waals surface area contributed by atoms with Gasteiger partial charge in [0, 0.05) is 19.8 Å². The number of carbonyl (C=O) groups excluding carboxylic acids is 4. The average Bonchev–Trinajstić information content (AvgIpc) is 2.80. The molecule has 1 aromatic rings. The number of β-lactam (4-membered cyclic amide) rings is 1. The second-order valence-electron chi connectivity index (χ2n) is 9.07. The van der Waals surface area contributed by atoms with Crippen molar-refractivity contribution in [3.8, 4) is 5.75 Å². The molecule has 1 fully saturated rings. The number of amides is 2. The highest BCUT2D eigenvalue weighted by molar-refractivity contribution is 8.00. The third-order valence-electron chi connectivity index (χ3n) is 5.15. The van der Waals surface area contributed by atoms with E-state index in [-0.39, 0.29) is 18.9 Å². The summed E-state index contributed by atoms with van der Waals surface area (Å²) < 4.78 is 21.2. The van der Waals surface area contributed by atoms with Gasteiger partial charge in [0.25, 0.3) is 11.8 Å². The molecule has 0 saturated carbocycles. The lowest BCUT2D eigenvalue weighted by Crippen LogP contribution is -2.71. The molecule has 0 aromatic heterocycles. The molecule has 2 amide bonds. The first-order valence-corrected chi connectivity index (χ1v) is 12.1. The zero-order valence-electron chi connectivity index (χ0n) is 20.4. The Morgan fingerprint density at radius 3 is 2.49 bits per heavy atom. The molecule has 2 heterocycles. The number of nitrogens with zero attached hydrogens (tertiary/aromatic N) is 1. The minimum absolute atomic E-state index is 0.0466. The van der Waals surface area contributed by atoms with E-state index in [2.05, 4.69) is 5.32 Å². The van der Waals surface area contributed by atoms with E-state index in [0.29, 0.717) is 17.1 Å². The molecule has 3 atom stereocenters. The maximum Gasteiger partial charge on any atom is 0.358 e. The number of ether oxygens (including phenoxy) is 4. The monoisotopic (exact) mass is 506 g/mol. The molecule has 1 N–H and O–H groups in total. The van der Waals surface area contributed by atoms with Gasteiger partial charge in [-0.15, -0.1) is 11.8 Å². The van der Waals surface area contributed by atoms with Crippen LogP contribution < -0.4 is 10.1 Å². The molecule has 0 spiro atoms. The minimum atomic E-state index is -1.15. The molecular formula is C24H30N2O8S. The summed E-state index contributed by atoms with van der Waals surface area (Å²) in [4.78, 5) is 51.7. The van der Waals surface area contributed by atoms with Gasteiger partial charge in [-0.1, -0.05) is 18.2 Å².